The highest BCUT2D eigenvalue weighted by atomic mass is 19.4. The number of hydrogen-bond acceptors (Lipinski definition) is 5. The first-order valence-corrected chi connectivity index (χ1v) is 11.6. The van der Waals surface area contributed by atoms with Crippen LogP contribution in [-0.4, -0.2) is 63.8 Å². The van der Waals surface area contributed by atoms with Crippen molar-refractivity contribution in [3.63, 3.8) is 0 Å². The summed E-state index contributed by atoms with van der Waals surface area (Å²) in [7, 11) is 0. The van der Waals surface area contributed by atoms with Gasteiger partial charge in [-0.05, 0) is 42.0 Å². The Labute approximate surface area is 212 Å². The summed E-state index contributed by atoms with van der Waals surface area (Å²) in [6.45, 7) is 1.77. The molecule has 38 heavy (non-hydrogen) atoms. The lowest BCUT2D eigenvalue weighted by atomic mass is 10.1. The normalized spacial score (nSPS) is 20.0. The van der Waals surface area contributed by atoms with Crippen LogP contribution in [0.5, 0.6) is 0 Å². The Morgan fingerprint density at radius 3 is 2.58 bits per heavy atom. The first-order valence-electron chi connectivity index (χ1n) is 11.6. The SMILES string of the molecule is O=C1N=C(N2CCN[C@@H](CO)C2)C/C1=C\c1ccc2c(cnn2-c2ccc(C(F)(F)F)cc2C(F)(F)F)c1. The number of rotatable bonds is 3. The Bertz CT molecular complexity index is 1460. The molecule has 3 aromatic rings. The van der Waals surface area contributed by atoms with Gasteiger partial charge in [0.1, 0.15) is 5.84 Å². The van der Waals surface area contributed by atoms with Crippen molar-refractivity contribution in [3.05, 3.63) is 64.9 Å². The van der Waals surface area contributed by atoms with Gasteiger partial charge in [-0.15, -0.1) is 0 Å². The number of fused-ring (bicyclic) bond motifs is 1. The van der Waals surface area contributed by atoms with Crippen molar-refractivity contribution in [3.8, 4) is 5.69 Å². The van der Waals surface area contributed by atoms with E-state index in [0.717, 1.165) is 10.7 Å². The van der Waals surface area contributed by atoms with Crippen LogP contribution < -0.4 is 5.32 Å². The highest BCUT2D eigenvalue weighted by Gasteiger charge is 2.39. The highest BCUT2D eigenvalue weighted by Crippen LogP contribution is 2.39. The molecule has 5 rings (SSSR count). The summed E-state index contributed by atoms with van der Waals surface area (Å²) in [5.74, 6) is 0.214. The molecule has 0 saturated carbocycles. The van der Waals surface area contributed by atoms with Gasteiger partial charge in [0.25, 0.3) is 5.91 Å². The number of hydrogen-bond donors (Lipinski definition) is 2. The van der Waals surface area contributed by atoms with E-state index in [-0.39, 0.29) is 24.2 Å². The molecule has 7 nitrogen and oxygen atoms in total. The molecule has 0 bridgehead atoms. The number of aliphatic imine (C=N–C) groups is 1. The number of aliphatic hydroxyl groups excluding tert-OH is 1. The van der Waals surface area contributed by atoms with Crippen LogP contribution in [0.15, 0.2) is 53.2 Å². The minimum atomic E-state index is -5.04. The predicted octanol–water partition coefficient (Wildman–Crippen LogP) is 4.04. The zero-order valence-corrected chi connectivity index (χ0v) is 19.6. The maximum atomic E-state index is 13.7. The van der Waals surface area contributed by atoms with Gasteiger partial charge in [-0.3, -0.25) is 4.79 Å². The average Bonchev–Trinajstić information content (AvgIpc) is 3.45. The number of nitrogens with zero attached hydrogens (tertiary/aromatic N) is 4. The van der Waals surface area contributed by atoms with E-state index in [0.29, 0.717) is 54.5 Å². The molecular formula is C25H21F6N5O2. The molecule has 2 aliphatic rings. The van der Waals surface area contributed by atoms with Crippen LogP contribution in [0.4, 0.5) is 26.3 Å². The van der Waals surface area contributed by atoms with Crippen molar-refractivity contribution in [1.82, 2.24) is 20.0 Å². The van der Waals surface area contributed by atoms with Crippen molar-refractivity contribution < 1.29 is 36.2 Å². The molecule has 2 N–H and O–H groups in total. The first kappa shape index (κ1) is 25.9. The van der Waals surface area contributed by atoms with Crippen LogP contribution in [0.25, 0.3) is 22.7 Å². The third-order valence-corrected chi connectivity index (χ3v) is 6.49. The molecule has 1 saturated heterocycles. The number of nitrogens with one attached hydrogen (secondary N) is 1. The van der Waals surface area contributed by atoms with Gasteiger partial charge in [-0.1, -0.05) is 6.07 Å². The lowest BCUT2D eigenvalue weighted by Gasteiger charge is -2.34. The van der Waals surface area contributed by atoms with Crippen LogP contribution in [0.3, 0.4) is 0 Å². The number of amides is 1. The summed E-state index contributed by atoms with van der Waals surface area (Å²) in [6, 6.07) is 6.00. The predicted molar refractivity (Wildman–Crippen MR) is 127 cm³/mol. The number of piperazine rings is 1. The maximum absolute atomic E-state index is 13.7. The third-order valence-electron chi connectivity index (χ3n) is 6.49. The highest BCUT2D eigenvalue weighted by molar-refractivity contribution is 6.14. The van der Waals surface area contributed by atoms with Crippen molar-refractivity contribution in [2.24, 2.45) is 4.99 Å². The van der Waals surface area contributed by atoms with E-state index in [1.54, 1.807) is 18.2 Å². The van der Waals surface area contributed by atoms with Crippen molar-refractivity contribution >= 4 is 28.7 Å². The molecule has 0 aliphatic carbocycles. The van der Waals surface area contributed by atoms with Gasteiger partial charge in [0, 0.05) is 43.1 Å². The Kier molecular flexibility index (Phi) is 6.51. The molecule has 1 amide bonds. The number of alkyl halides is 6. The number of carbonyl (C=O) groups excluding carboxylic acids is 1. The molecule has 1 aromatic heterocycles. The molecule has 0 radical (unpaired) electrons. The molecule has 0 spiro atoms. The van der Waals surface area contributed by atoms with Crippen LogP contribution in [0.1, 0.15) is 23.1 Å². The summed E-state index contributed by atoms with van der Waals surface area (Å²) in [6.07, 6.45) is -6.72. The fraction of sp³-hybridized carbons (Fsp3) is 0.320. The van der Waals surface area contributed by atoms with E-state index < -0.39 is 35.1 Å². The molecule has 200 valence electrons. The van der Waals surface area contributed by atoms with Crippen molar-refractivity contribution in [2.45, 2.75) is 24.8 Å². The molecule has 13 heteroatoms. The van der Waals surface area contributed by atoms with Crippen LogP contribution in [-0.2, 0) is 17.1 Å². The van der Waals surface area contributed by atoms with Crippen LogP contribution in [0.2, 0.25) is 0 Å². The minimum Gasteiger partial charge on any atom is -0.395 e. The fourth-order valence-electron chi connectivity index (χ4n) is 4.61. The van der Waals surface area contributed by atoms with E-state index >= 15 is 0 Å². The number of aliphatic hydroxyl groups is 1. The Hall–Kier alpha value is -3.71. The Morgan fingerprint density at radius 1 is 1.08 bits per heavy atom. The second-order valence-corrected chi connectivity index (χ2v) is 9.06. The van der Waals surface area contributed by atoms with E-state index in [9.17, 15) is 36.2 Å². The lowest BCUT2D eigenvalue weighted by molar-refractivity contribution is -0.143. The number of carbonyl (C=O) groups is 1. The number of halogens is 6. The smallest absolute Gasteiger partial charge is 0.395 e. The van der Waals surface area contributed by atoms with E-state index in [4.69, 9.17) is 0 Å². The van der Waals surface area contributed by atoms with Crippen LogP contribution >= 0.6 is 0 Å². The standard InChI is InChI=1S/C25H21F6N5O2/c26-24(27,28)17-2-4-21(19(10-17)25(29,30)31)36-20-3-1-14(8-16(20)11-33-36)7-15-9-22(34-23(15)38)35-6-5-32-18(12-35)13-37/h1-4,7-8,10-11,18,32,37H,5-6,9,12-13H2/b15-7+/t18-/m1/s1. The summed E-state index contributed by atoms with van der Waals surface area (Å²) in [5, 5.41) is 17.0. The van der Waals surface area contributed by atoms with Gasteiger partial charge in [0.2, 0.25) is 0 Å². The first-order chi connectivity index (χ1) is 17.9. The largest absolute Gasteiger partial charge is 0.418 e. The number of amidine groups is 1. The van der Waals surface area contributed by atoms with Gasteiger partial charge in [-0.25, -0.2) is 4.68 Å². The molecule has 1 fully saturated rings. The van der Waals surface area contributed by atoms with Gasteiger partial charge in [0.15, 0.2) is 0 Å². The molecule has 2 aromatic carbocycles. The second kappa shape index (κ2) is 9.55. The Balaban J connectivity index is 1.43. The van der Waals surface area contributed by atoms with Crippen LogP contribution in [0, 0.1) is 0 Å². The third kappa shape index (κ3) is 5.03. The van der Waals surface area contributed by atoms with Gasteiger partial charge in [0.05, 0.1) is 35.1 Å². The topological polar surface area (TPSA) is 82.8 Å². The molecule has 2 aliphatic heterocycles. The average molecular weight is 537 g/mol. The summed E-state index contributed by atoms with van der Waals surface area (Å²) in [4.78, 5) is 18.6. The van der Waals surface area contributed by atoms with Gasteiger partial charge < -0.3 is 15.3 Å². The zero-order chi connectivity index (χ0) is 27.2. The maximum Gasteiger partial charge on any atom is 0.418 e. The van der Waals surface area contributed by atoms with Gasteiger partial charge in [-0.2, -0.15) is 36.4 Å². The molecule has 1 atom stereocenters. The number of benzene rings is 2. The zero-order valence-electron chi connectivity index (χ0n) is 19.6. The molecule has 0 unspecified atom stereocenters. The van der Waals surface area contributed by atoms with Crippen molar-refractivity contribution in [1.29, 1.82) is 0 Å². The van der Waals surface area contributed by atoms with E-state index in [2.05, 4.69) is 15.4 Å². The minimum absolute atomic E-state index is 0.0367. The van der Waals surface area contributed by atoms with Gasteiger partial charge >= 0.3 is 12.4 Å². The van der Waals surface area contributed by atoms with E-state index in [1.807, 2.05) is 4.90 Å². The summed E-state index contributed by atoms with van der Waals surface area (Å²) >= 11 is 0. The summed E-state index contributed by atoms with van der Waals surface area (Å²) < 4.78 is 81.1. The quantitative estimate of drug-likeness (QED) is 0.390. The number of aromatic nitrogens is 2. The van der Waals surface area contributed by atoms with E-state index in [1.165, 1.54) is 12.3 Å². The second-order valence-electron chi connectivity index (χ2n) is 9.06. The monoisotopic (exact) mass is 537 g/mol. The fourth-order valence-corrected chi connectivity index (χ4v) is 4.61. The lowest BCUT2D eigenvalue weighted by Crippen LogP contribution is -2.53. The Morgan fingerprint density at radius 2 is 1.87 bits per heavy atom. The van der Waals surface area contributed by atoms with Crippen molar-refractivity contribution in [2.75, 3.05) is 26.2 Å². The summed E-state index contributed by atoms with van der Waals surface area (Å²) in [5.41, 5.74) is -2.12. The molecular weight excluding hydrogens is 516 g/mol. The molecule has 3 heterocycles.